The Morgan fingerprint density at radius 3 is 2.14 bits per heavy atom. The summed E-state index contributed by atoms with van der Waals surface area (Å²) in [6, 6.07) is 14.1. The fraction of sp³-hybridized carbons (Fsp3) is 0.348. The predicted molar refractivity (Wildman–Crippen MR) is 115 cm³/mol. The van der Waals surface area contributed by atoms with Crippen LogP contribution in [0.25, 0.3) is 0 Å². The minimum atomic E-state index is -0.285. The maximum absolute atomic E-state index is 12.8. The normalized spacial score (nSPS) is 13.1. The maximum Gasteiger partial charge on any atom is 0.257 e. The van der Waals surface area contributed by atoms with Crippen LogP contribution < -0.4 is 15.5 Å². The van der Waals surface area contributed by atoms with Gasteiger partial charge in [-0.2, -0.15) is 0 Å². The molecule has 2 aromatic rings. The molecule has 29 heavy (non-hydrogen) atoms. The highest BCUT2D eigenvalue weighted by atomic mass is 16.2. The number of hydrogen-bond acceptors (Lipinski definition) is 3. The fourth-order valence-electron chi connectivity index (χ4n) is 3.10. The molecule has 0 bridgehead atoms. The van der Waals surface area contributed by atoms with E-state index in [0.717, 1.165) is 12.8 Å². The Morgan fingerprint density at radius 1 is 0.966 bits per heavy atom. The molecule has 0 aliphatic heterocycles. The van der Waals surface area contributed by atoms with Gasteiger partial charge in [0.1, 0.15) is 0 Å². The van der Waals surface area contributed by atoms with Gasteiger partial charge in [-0.15, -0.1) is 0 Å². The number of amides is 3. The monoisotopic (exact) mass is 393 g/mol. The van der Waals surface area contributed by atoms with Crippen molar-refractivity contribution in [1.29, 1.82) is 0 Å². The third-order valence-electron chi connectivity index (χ3n) is 4.79. The molecule has 0 aromatic heterocycles. The molecule has 152 valence electrons. The molecule has 1 fully saturated rings. The van der Waals surface area contributed by atoms with Gasteiger partial charge in [-0.3, -0.25) is 14.4 Å². The Morgan fingerprint density at radius 2 is 1.55 bits per heavy atom. The second-order valence-corrected chi connectivity index (χ2v) is 7.87. The first-order chi connectivity index (χ1) is 13.8. The number of carbonyl (C=O) groups excluding carboxylic acids is 3. The van der Waals surface area contributed by atoms with E-state index in [1.54, 1.807) is 54.4 Å². The summed E-state index contributed by atoms with van der Waals surface area (Å²) in [6.07, 6.45) is 2.29. The van der Waals surface area contributed by atoms with Crippen molar-refractivity contribution in [3.05, 3.63) is 54.1 Å². The average molecular weight is 393 g/mol. The van der Waals surface area contributed by atoms with Gasteiger partial charge in [0, 0.05) is 30.8 Å². The Kier molecular flexibility index (Phi) is 6.32. The third-order valence-corrected chi connectivity index (χ3v) is 4.79. The van der Waals surface area contributed by atoms with Crippen LogP contribution >= 0.6 is 0 Å². The average Bonchev–Trinajstić information content (AvgIpc) is 3.53. The van der Waals surface area contributed by atoms with E-state index < -0.39 is 0 Å². The van der Waals surface area contributed by atoms with Gasteiger partial charge in [-0.05, 0) is 55.2 Å². The largest absolute Gasteiger partial charge is 0.326 e. The molecule has 0 atom stereocenters. The van der Waals surface area contributed by atoms with E-state index in [-0.39, 0.29) is 23.6 Å². The van der Waals surface area contributed by atoms with E-state index in [1.807, 2.05) is 19.9 Å². The summed E-state index contributed by atoms with van der Waals surface area (Å²) < 4.78 is 0. The van der Waals surface area contributed by atoms with Gasteiger partial charge >= 0.3 is 0 Å². The van der Waals surface area contributed by atoms with Crippen LogP contribution in [0.3, 0.4) is 0 Å². The van der Waals surface area contributed by atoms with Gasteiger partial charge < -0.3 is 15.5 Å². The topological polar surface area (TPSA) is 78.5 Å². The van der Waals surface area contributed by atoms with Crippen molar-refractivity contribution in [2.75, 3.05) is 22.6 Å². The minimum absolute atomic E-state index is 0.0333. The second kappa shape index (κ2) is 8.90. The molecule has 0 unspecified atom stereocenters. The molecule has 1 aliphatic rings. The predicted octanol–water partition coefficient (Wildman–Crippen LogP) is 4.30. The number of nitrogens with one attached hydrogen (secondary N) is 2. The number of carbonyl (C=O) groups is 3. The van der Waals surface area contributed by atoms with E-state index in [2.05, 4.69) is 10.6 Å². The first-order valence-corrected chi connectivity index (χ1v) is 9.93. The molecule has 2 N–H and O–H groups in total. The smallest absolute Gasteiger partial charge is 0.257 e. The van der Waals surface area contributed by atoms with E-state index >= 15 is 0 Å². The highest BCUT2D eigenvalue weighted by molar-refractivity contribution is 6.11. The molecule has 3 rings (SSSR count). The van der Waals surface area contributed by atoms with Gasteiger partial charge in [0.05, 0.1) is 11.3 Å². The number of nitrogens with zero attached hydrogens (tertiary/aromatic N) is 1. The molecule has 3 amide bonds. The fourth-order valence-corrected chi connectivity index (χ4v) is 3.10. The minimum Gasteiger partial charge on any atom is -0.326 e. The van der Waals surface area contributed by atoms with Crippen molar-refractivity contribution < 1.29 is 14.4 Å². The molecule has 0 spiro atoms. The third kappa shape index (κ3) is 5.44. The van der Waals surface area contributed by atoms with Crippen molar-refractivity contribution >= 4 is 34.8 Å². The number of benzene rings is 2. The number of hydrogen-bond donors (Lipinski definition) is 2. The SMILES string of the molecule is CC(C)CC(=O)Nc1ccc(NC(=O)c2ccccc2N(C)C(=O)C2CC2)cc1. The molecule has 0 radical (unpaired) electrons. The van der Waals surface area contributed by atoms with Crippen LogP contribution in [0.15, 0.2) is 48.5 Å². The molecule has 6 heteroatoms. The molecule has 6 nitrogen and oxygen atoms in total. The molecule has 0 saturated heterocycles. The van der Waals surface area contributed by atoms with Crippen molar-refractivity contribution in [3.8, 4) is 0 Å². The number of rotatable bonds is 7. The van der Waals surface area contributed by atoms with E-state index in [1.165, 1.54) is 0 Å². The Bertz CT molecular complexity index is 902. The van der Waals surface area contributed by atoms with E-state index in [9.17, 15) is 14.4 Å². The Hall–Kier alpha value is -3.15. The van der Waals surface area contributed by atoms with Crippen molar-refractivity contribution in [2.45, 2.75) is 33.1 Å². The second-order valence-electron chi connectivity index (χ2n) is 7.87. The zero-order valence-corrected chi connectivity index (χ0v) is 17.1. The lowest BCUT2D eigenvalue weighted by molar-refractivity contribution is -0.119. The summed E-state index contributed by atoms with van der Waals surface area (Å²) in [7, 11) is 1.71. The van der Waals surface area contributed by atoms with Crippen LogP contribution in [0.5, 0.6) is 0 Å². The molecular weight excluding hydrogens is 366 g/mol. The number of anilines is 3. The van der Waals surface area contributed by atoms with E-state index in [4.69, 9.17) is 0 Å². The van der Waals surface area contributed by atoms with Crippen molar-refractivity contribution in [2.24, 2.45) is 11.8 Å². The summed E-state index contributed by atoms with van der Waals surface area (Å²) >= 11 is 0. The quantitative estimate of drug-likeness (QED) is 0.736. The van der Waals surface area contributed by atoms with E-state index in [0.29, 0.717) is 35.0 Å². The molecule has 2 aromatic carbocycles. The Labute approximate surface area is 171 Å². The molecule has 1 aliphatic carbocycles. The first kappa shape index (κ1) is 20.6. The van der Waals surface area contributed by atoms with Crippen LogP contribution in [-0.4, -0.2) is 24.8 Å². The summed E-state index contributed by atoms with van der Waals surface area (Å²) in [5, 5.41) is 5.70. The van der Waals surface area contributed by atoms with Crippen molar-refractivity contribution in [3.63, 3.8) is 0 Å². The van der Waals surface area contributed by atoms with Crippen LogP contribution in [0.2, 0.25) is 0 Å². The van der Waals surface area contributed by atoms with Gasteiger partial charge in [-0.25, -0.2) is 0 Å². The van der Waals surface area contributed by atoms with Gasteiger partial charge in [-0.1, -0.05) is 26.0 Å². The zero-order valence-electron chi connectivity index (χ0n) is 17.1. The first-order valence-electron chi connectivity index (χ1n) is 9.93. The van der Waals surface area contributed by atoms with Crippen LogP contribution in [-0.2, 0) is 9.59 Å². The molecular formula is C23H27N3O3. The standard InChI is InChI=1S/C23H27N3O3/c1-15(2)14-21(27)24-17-10-12-18(13-11-17)25-22(28)19-6-4-5-7-20(19)26(3)23(29)16-8-9-16/h4-7,10-13,15-16H,8-9,14H2,1-3H3,(H,24,27)(H,25,28). The summed E-state index contributed by atoms with van der Waals surface area (Å²) in [4.78, 5) is 38.6. The Balaban J connectivity index is 1.67. The maximum atomic E-state index is 12.8. The lowest BCUT2D eigenvalue weighted by Gasteiger charge is -2.20. The lowest BCUT2D eigenvalue weighted by atomic mass is 10.1. The summed E-state index contributed by atoms with van der Waals surface area (Å²) in [5.41, 5.74) is 2.34. The lowest BCUT2D eigenvalue weighted by Crippen LogP contribution is -2.29. The van der Waals surface area contributed by atoms with Crippen molar-refractivity contribution in [1.82, 2.24) is 0 Å². The van der Waals surface area contributed by atoms with Gasteiger partial charge in [0.2, 0.25) is 11.8 Å². The highest BCUT2D eigenvalue weighted by Gasteiger charge is 2.33. The van der Waals surface area contributed by atoms with Crippen LogP contribution in [0, 0.1) is 11.8 Å². The summed E-state index contributed by atoms with van der Waals surface area (Å²) in [6.45, 7) is 3.98. The van der Waals surface area contributed by atoms with Crippen LogP contribution in [0.1, 0.15) is 43.5 Å². The molecule has 0 heterocycles. The van der Waals surface area contributed by atoms with Crippen LogP contribution in [0.4, 0.5) is 17.1 Å². The zero-order chi connectivity index (χ0) is 21.0. The van der Waals surface area contributed by atoms with Gasteiger partial charge in [0.15, 0.2) is 0 Å². The number of para-hydroxylation sites is 1. The molecule has 1 saturated carbocycles. The summed E-state index contributed by atoms with van der Waals surface area (Å²) in [5.74, 6) is 0.0987. The van der Waals surface area contributed by atoms with Gasteiger partial charge in [0.25, 0.3) is 5.91 Å². The highest BCUT2D eigenvalue weighted by Crippen LogP contribution is 2.33.